The number of rotatable bonds is 18. The summed E-state index contributed by atoms with van der Waals surface area (Å²) in [5.41, 5.74) is 5.82. The monoisotopic (exact) mass is 860 g/mol. The minimum Gasteiger partial charge on any atom is -0.376 e. The van der Waals surface area contributed by atoms with Crippen molar-refractivity contribution in [3.05, 3.63) is 0 Å². The Hall–Kier alpha value is 1.18. The summed E-state index contributed by atoms with van der Waals surface area (Å²) in [6, 6.07) is 3.49. The molecule has 6 heterocycles. The van der Waals surface area contributed by atoms with Crippen LogP contribution in [0.1, 0.15) is 89.5 Å². The van der Waals surface area contributed by atoms with Gasteiger partial charge in [0.2, 0.25) is 0 Å². The summed E-state index contributed by atoms with van der Waals surface area (Å²) in [5.74, 6) is 0.891. The number of hydrogen-bond donors (Lipinski definition) is 2. The summed E-state index contributed by atoms with van der Waals surface area (Å²) in [6.45, 7) is 27.8. The van der Waals surface area contributed by atoms with Crippen LogP contribution in [0.5, 0.6) is 0 Å². The van der Waals surface area contributed by atoms with Gasteiger partial charge in [0.15, 0.2) is 0 Å². The van der Waals surface area contributed by atoms with Gasteiger partial charge in [-0.15, -0.1) is 0 Å². The minimum atomic E-state index is -3.86. The molecule has 22 heteroatoms. The van der Waals surface area contributed by atoms with Crippen LogP contribution in [0.25, 0.3) is 0 Å². The minimum absolute atomic E-state index is 0.138. The Balaban J connectivity index is 1.84. The molecule has 8 bridgehead atoms. The van der Waals surface area contributed by atoms with E-state index in [-0.39, 0.29) is 35.5 Å². The van der Waals surface area contributed by atoms with Crippen molar-refractivity contribution in [3.8, 4) is 0 Å². The van der Waals surface area contributed by atoms with E-state index in [0.29, 0.717) is 68.4 Å². The molecule has 0 aromatic rings. The molecule has 0 radical (unpaired) electrons. The molecule has 298 valence electrons. The standard InChI is InChI=1S/C29H68N2O12Si8/c1-24(2)18-46-32-44-33-47(19-25(3)4)36-45(35-46,17-13-15-31-16-14-30)37-49(21-27(7)8)42-50(38-46,22-28(9)10)40-48(34-44,20-26(5)6)41-51(39-47,43-49)23-29(11)12/h24-29,31,44H,13-23,30H2,1-12H3/t44-,45?,46-,47?,48?,49?,50?,51?/m1/s1. The maximum Gasteiger partial charge on any atom is 0.479 e. The molecule has 0 spiro atoms. The Kier molecular flexibility index (Phi) is 14.1. The van der Waals surface area contributed by atoms with E-state index in [1.54, 1.807) is 0 Å². The molecule has 6 saturated heterocycles. The van der Waals surface area contributed by atoms with Crippen LogP contribution in [0.15, 0.2) is 0 Å². The second-order valence-electron chi connectivity index (χ2n) is 17.6. The molecule has 0 aromatic heterocycles. The summed E-state index contributed by atoms with van der Waals surface area (Å²) < 4.78 is 90.2. The second-order valence-corrected chi connectivity index (χ2v) is 40.8. The van der Waals surface area contributed by atoms with E-state index in [4.69, 9.17) is 55.1 Å². The average Bonchev–Trinajstić information content (AvgIpc) is 2.85. The quantitative estimate of drug-likeness (QED) is 0.134. The van der Waals surface area contributed by atoms with Crippen LogP contribution in [0.3, 0.4) is 0 Å². The van der Waals surface area contributed by atoms with Crippen LogP contribution >= 0.6 is 0 Å². The predicted molar refractivity (Wildman–Crippen MR) is 210 cm³/mol. The van der Waals surface area contributed by atoms with Gasteiger partial charge in [0.05, 0.1) is 0 Å². The average molecular weight is 862 g/mol. The van der Waals surface area contributed by atoms with Gasteiger partial charge >= 0.3 is 71.2 Å². The molecule has 6 aliphatic heterocycles. The van der Waals surface area contributed by atoms with Gasteiger partial charge in [-0.3, -0.25) is 0 Å². The smallest absolute Gasteiger partial charge is 0.376 e. The molecule has 0 amide bonds. The van der Waals surface area contributed by atoms with Gasteiger partial charge in [-0.25, -0.2) is 0 Å². The molecule has 6 aliphatic rings. The molecule has 0 saturated carbocycles. The van der Waals surface area contributed by atoms with E-state index >= 15 is 0 Å². The fourth-order valence-corrected chi connectivity index (χ4v) is 56.0. The van der Waals surface area contributed by atoms with E-state index in [9.17, 15) is 0 Å². The Morgan fingerprint density at radius 2 is 0.686 bits per heavy atom. The fourth-order valence-electron chi connectivity index (χ4n) is 7.68. The topological polar surface area (TPSA) is 149 Å². The van der Waals surface area contributed by atoms with E-state index in [0.717, 1.165) is 0 Å². The zero-order chi connectivity index (χ0) is 37.5. The molecular weight excluding hydrogens is 793 g/mol. The van der Waals surface area contributed by atoms with E-state index in [2.05, 4.69) is 88.4 Å². The molecular formula is C29H68N2O12Si8. The van der Waals surface area contributed by atoms with Crippen molar-refractivity contribution in [3.63, 3.8) is 0 Å². The summed E-state index contributed by atoms with van der Waals surface area (Å²) >= 11 is 0. The van der Waals surface area contributed by atoms with Crippen LogP contribution < -0.4 is 11.1 Å². The maximum absolute atomic E-state index is 7.67. The zero-order valence-electron chi connectivity index (χ0n) is 33.3. The molecule has 51 heavy (non-hydrogen) atoms. The normalized spacial score (nSPS) is 40.9. The molecule has 0 aromatic carbocycles. The SMILES string of the molecule is CC(C)C[Si]12O[Si@@H]3O[Si]4(CC(C)C)O[Si](CC(C)C)(O1)O[Si]1(CC(C)C)O[Si](CCCNCCN)(O2)O[Si@@](CC(C)C)(O3)O[Si](CC(C)C)(O4)O1. The van der Waals surface area contributed by atoms with Crippen LogP contribution in [-0.2, 0) is 49.4 Å². The highest BCUT2D eigenvalue weighted by Crippen LogP contribution is 2.53. The van der Waals surface area contributed by atoms with Crippen LogP contribution in [-0.4, -0.2) is 90.8 Å². The molecule has 0 aliphatic carbocycles. The maximum atomic E-state index is 7.67. The third-order valence-corrected chi connectivity index (χ3v) is 46.6. The van der Waals surface area contributed by atoms with E-state index in [1.165, 1.54) is 0 Å². The van der Waals surface area contributed by atoms with Gasteiger partial charge in [0.1, 0.15) is 0 Å². The largest absolute Gasteiger partial charge is 0.479 e. The van der Waals surface area contributed by atoms with Crippen molar-refractivity contribution in [1.82, 2.24) is 5.32 Å². The van der Waals surface area contributed by atoms with Gasteiger partial charge in [-0.2, -0.15) is 0 Å². The lowest BCUT2D eigenvalue weighted by Gasteiger charge is -2.62. The summed E-state index contributed by atoms with van der Waals surface area (Å²) in [4.78, 5) is 0. The molecule has 3 N–H and O–H groups in total. The van der Waals surface area contributed by atoms with Crippen molar-refractivity contribution in [2.75, 3.05) is 19.6 Å². The molecule has 6 unspecified atom stereocenters. The first kappa shape index (κ1) is 43.3. The first-order chi connectivity index (χ1) is 23.7. The van der Waals surface area contributed by atoms with Gasteiger partial charge < -0.3 is 60.4 Å². The number of nitrogens with one attached hydrogen (secondary N) is 1. The van der Waals surface area contributed by atoms with E-state index in [1.807, 2.05) is 0 Å². The van der Waals surface area contributed by atoms with Crippen LogP contribution in [0.2, 0.25) is 42.3 Å². The van der Waals surface area contributed by atoms with Crippen molar-refractivity contribution in [2.24, 2.45) is 41.2 Å². The third-order valence-electron chi connectivity index (χ3n) is 8.73. The summed E-state index contributed by atoms with van der Waals surface area (Å²) in [5, 5.41) is 3.44. The molecule has 14 nitrogen and oxygen atoms in total. The highest BCUT2D eigenvalue weighted by molar-refractivity contribution is 7.01. The fraction of sp³-hybridized carbons (Fsp3) is 1.00. The van der Waals surface area contributed by atoms with E-state index < -0.39 is 71.2 Å². The molecule has 8 atom stereocenters. The van der Waals surface area contributed by atoms with Crippen molar-refractivity contribution in [2.45, 2.75) is 132 Å². The van der Waals surface area contributed by atoms with Crippen LogP contribution in [0.4, 0.5) is 0 Å². The molecule has 6 fully saturated rings. The highest BCUT2D eigenvalue weighted by Gasteiger charge is 2.81. The lowest BCUT2D eigenvalue weighted by molar-refractivity contribution is -0.0259. The lowest BCUT2D eigenvalue weighted by Crippen LogP contribution is -2.87. The van der Waals surface area contributed by atoms with Crippen molar-refractivity contribution in [1.29, 1.82) is 0 Å². The molecule has 6 rings (SSSR count). The van der Waals surface area contributed by atoms with Crippen LogP contribution in [0, 0.1) is 35.5 Å². The predicted octanol–water partition coefficient (Wildman–Crippen LogP) is 5.42. The van der Waals surface area contributed by atoms with Gasteiger partial charge in [0.25, 0.3) is 0 Å². The number of hydrogen-bond acceptors (Lipinski definition) is 14. The summed E-state index contributed by atoms with van der Waals surface area (Å²) in [7, 11) is -29.8. The van der Waals surface area contributed by atoms with Gasteiger partial charge in [-0.05, 0) is 48.5 Å². The van der Waals surface area contributed by atoms with Crippen molar-refractivity contribution >= 4 is 71.2 Å². The van der Waals surface area contributed by atoms with Crippen molar-refractivity contribution < 1.29 is 49.4 Å². The Morgan fingerprint density at radius 3 is 1.00 bits per heavy atom. The zero-order valence-corrected chi connectivity index (χ0v) is 41.5. The van der Waals surface area contributed by atoms with Gasteiger partial charge in [0, 0.05) is 55.4 Å². The second kappa shape index (κ2) is 16.6. The highest BCUT2D eigenvalue weighted by atomic mass is 28.6. The Labute approximate surface area is 317 Å². The first-order valence-corrected chi connectivity index (χ1v) is 34.4. The lowest BCUT2D eigenvalue weighted by atomic mass is 10.3. The first-order valence-electron chi connectivity index (χ1n) is 19.5. The van der Waals surface area contributed by atoms with Gasteiger partial charge in [-0.1, -0.05) is 83.1 Å². The third kappa shape index (κ3) is 10.6. The summed E-state index contributed by atoms with van der Waals surface area (Å²) in [6.07, 6.45) is 0.703. The Bertz CT molecular complexity index is 1120. The number of nitrogens with two attached hydrogens (primary N) is 1. The Morgan fingerprint density at radius 1 is 0.412 bits per heavy atom.